The van der Waals surface area contributed by atoms with E-state index in [-0.39, 0.29) is 17.7 Å². The van der Waals surface area contributed by atoms with Gasteiger partial charge in [-0.2, -0.15) is 0 Å². The van der Waals surface area contributed by atoms with Gasteiger partial charge in [-0.15, -0.1) is 0 Å². The van der Waals surface area contributed by atoms with Gasteiger partial charge in [-0.1, -0.05) is 24.3 Å². The lowest BCUT2D eigenvalue weighted by Crippen LogP contribution is -2.34. The molecule has 3 heteroatoms. The van der Waals surface area contributed by atoms with E-state index in [1.165, 1.54) is 6.07 Å². The summed E-state index contributed by atoms with van der Waals surface area (Å²) in [5, 5.41) is 12.4. The number of hydrogen-bond acceptors (Lipinski definition) is 2. The highest BCUT2D eigenvalue weighted by Gasteiger charge is 2.15. The highest BCUT2D eigenvalue weighted by atomic mass is 16.3. The van der Waals surface area contributed by atoms with Crippen molar-refractivity contribution in [3.8, 4) is 5.75 Å². The minimum atomic E-state index is -0.213. The van der Waals surface area contributed by atoms with E-state index in [2.05, 4.69) is 11.4 Å². The predicted molar refractivity (Wildman–Crippen MR) is 62.4 cm³/mol. The summed E-state index contributed by atoms with van der Waals surface area (Å²) in [6, 6.07) is 6.68. The van der Waals surface area contributed by atoms with Crippen molar-refractivity contribution in [2.45, 2.75) is 25.3 Å². The number of nitrogens with one attached hydrogen (secondary N) is 1. The molecule has 0 spiro atoms. The van der Waals surface area contributed by atoms with Gasteiger partial charge in [0, 0.05) is 6.04 Å². The second-order valence-corrected chi connectivity index (χ2v) is 3.96. The zero-order chi connectivity index (χ0) is 11.4. The summed E-state index contributed by atoms with van der Waals surface area (Å²) in [7, 11) is 0. The van der Waals surface area contributed by atoms with Gasteiger partial charge in [0.25, 0.3) is 5.91 Å². The maximum absolute atomic E-state index is 11.8. The first-order valence-corrected chi connectivity index (χ1v) is 5.53. The summed E-state index contributed by atoms with van der Waals surface area (Å²) < 4.78 is 0. The Labute approximate surface area is 94.8 Å². The number of hydrogen-bond donors (Lipinski definition) is 2. The number of benzene rings is 1. The van der Waals surface area contributed by atoms with Crippen LogP contribution in [0.25, 0.3) is 0 Å². The minimum Gasteiger partial charge on any atom is -0.507 e. The van der Waals surface area contributed by atoms with Gasteiger partial charge in [-0.05, 0) is 31.4 Å². The molecule has 0 heterocycles. The Balaban J connectivity index is 2.05. The van der Waals surface area contributed by atoms with Crippen molar-refractivity contribution in [1.29, 1.82) is 0 Å². The molecule has 1 aromatic carbocycles. The monoisotopic (exact) mass is 217 g/mol. The van der Waals surface area contributed by atoms with Gasteiger partial charge in [0.15, 0.2) is 0 Å². The van der Waals surface area contributed by atoms with Crippen LogP contribution in [0.1, 0.15) is 29.6 Å². The lowest BCUT2D eigenvalue weighted by Gasteiger charge is -2.18. The Bertz CT molecular complexity index is 412. The average molecular weight is 217 g/mol. The average Bonchev–Trinajstić information content (AvgIpc) is 2.31. The van der Waals surface area contributed by atoms with E-state index in [9.17, 15) is 9.90 Å². The van der Waals surface area contributed by atoms with Crippen molar-refractivity contribution >= 4 is 5.91 Å². The Kier molecular flexibility index (Phi) is 3.25. The number of carbonyl (C=O) groups excluding carboxylic acids is 1. The number of rotatable bonds is 2. The lowest BCUT2D eigenvalue weighted by molar-refractivity contribution is 0.0939. The van der Waals surface area contributed by atoms with Crippen LogP contribution >= 0.6 is 0 Å². The number of carbonyl (C=O) groups is 1. The van der Waals surface area contributed by atoms with Gasteiger partial charge in [0.2, 0.25) is 0 Å². The van der Waals surface area contributed by atoms with Crippen LogP contribution < -0.4 is 5.32 Å². The standard InChI is InChI=1S/C13H15NO2/c15-12-9-5-4-8-11(12)13(16)14-10-6-2-1-3-7-10/h2,4-6,8-10,15H,1,3,7H2,(H,14,16). The highest BCUT2D eigenvalue weighted by molar-refractivity contribution is 5.97. The van der Waals surface area contributed by atoms with Crippen LogP contribution in [0.3, 0.4) is 0 Å². The fourth-order valence-corrected chi connectivity index (χ4v) is 1.84. The Morgan fingerprint density at radius 3 is 2.88 bits per heavy atom. The van der Waals surface area contributed by atoms with Crippen molar-refractivity contribution in [3.05, 3.63) is 42.0 Å². The minimum absolute atomic E-state index is 0.0276. The molecule has 2 N–H and O–H groups in total. The molecular formula is C13H15NO2. The maximum atomic E-state index is 11.8. The molecule has 1 aromatic rings. The molecule has 0 bridgehead atoms. The number of phenols is 1. The normalized spacial score (nSPS) is 19.4. The summed E-state index contributed by atoms with van der Waals surface area (Å²) in [5.41, 5.74) is 0.335. The van der Waals surface area contributed by atoms with Crippen LogP contribution in [-0.4, -0.2) is 17.1 Å². The molecule has 1 aliphatic rings. The molecule has 1 aliphatic carbocycles. The molecule has 1 unspecified atom stereocenters. The van der Waals surface area contributed by atoms with E-state index in [0.29, 0.717) is 5.56 Å². The second kappa shape index (κ2) is 4.84. The van der Waals surface area contributed by atoms with Crippen LogP contribution in [0.5, 0.6) is 5.75 Å². The first-order chi connectivity index (χ1) is 7.77. The number of amides is 1. The van der Waals surface area contributed by atoms with Crippen LogP contribution in [0, 0.1) is 0 Å². The number of allylic oxidation sites excluding steroid dienone is 1. The van der Waals surface area contributed by atoms with Crippen LogP contribution in [0.15, 0.2) is 36.4 Å². The Morgan fingerprint density at radius 1 is 1.38 bits per heavy atom. The third kappa shape index (κ3) is 2.42. The molecule has 0 saturated carbocycles. The summed E-state index contributed by atoms with van der Waals surface area (Å²) in [6.07, 6.45) is 7.25. The van der Waals surface area contributed by atoms with E-state index in [1.54, 1.807) is 18.2 Å². The molecular weight excluding hydrogens is 202 g/mol. The number of phenolic OH excluding ortho intramolecular Hbond substituents is 1. The smallest absolute Gasteiger partial charge is 0.255 e. The lowest BCUT2D eigenvalue weighted by atomic mass is 10.0. The second-order valence-electron chi connectivity index (χ2n) is 3.96. The van der Waals surface area contributed by atoms with Gasteiger partial charge in [0.1, 0.15) is 5.75 Å². The molecule has 0 aromatic heterocycles. The zero-order valence-corrected chi connectivity index (χ0v) is 9.02. The van der Waals surface area contributed by atoms with Crippen molar-refractivity contribution < 1.29 is 9.90 Å². The van der Waals surface area contributed by atoms with E-state index >= 15 is 0 Å². The molecule has 2 rings (SSSR count). The molecule has 3 nitrogen and oxygen atoms in total. The fourth-order valence-electron chi connectivity index (χ4n) is 1.84. The quantitative estimate of drug-likeness (QED) is 0.746. The first-order valence-electron chi connectivity index (χ1n) is 5.53. The topological polar surface area (TPSA) is 49.3 Å². The van der Waals surface area contributed by atoms with Crippen LogP contribution in [-0.2, 0) is 0 Å². The van der Waals surface area contributed by atoms with Gasteiger partial charge in [0.05, 0.1) is 5.56 Å². The van der Waals surface area contributed by atoms with Gasteiger partial charge < -0.3 is 10.4 Å². The number of aromatic hydroxyl groups is 1. The third-order valence-electron chi connectivity index (χ3n) is 2.72. The van der Waals surface area contributed by atoms with Crippen molar-refractivity contribution in [2.75, 3.05) is 0 Å². The highest BCUT2D eigenvalue weighted by Crippen LogP contribution is 2.16. The summed E-state index contributed by atoms with van der Waals surface area (Å²) in [6.45, 7) is 0. The molecule has 84 valence electrons. The van der Waals surface area contributed by atoms with Crippen LogP contribution in [0.4, 0.5) is 0 Å². The van der Waals surface area contributed by atoms with Crippen molar-refractivity contribution in [1.82, 2.24) is 5.32 Å². The molecule has 0 radical (unpaired) electrons. The first kappa shape index (κ1) is 10.7. The maximum Gasteiger partial charge on any atom is 0.255 e. The van der Waals surface area contributed by atoms with Gasteiger partial charge in [-0.3, -0.25) is 4.79 Å². The molecule has 1 atom stereocenters. The summed E-state index contributed by atoms with van der Waals surface area (Å²) in [4.78, 5) is 11.8. The molecule has 0 fully saturated rings. The van der Waals surface area contributed by atoms with Crippen molar-refractivity contribution in [2.24, 2.45) is 0 Å². The van der Waals surface area contributed by atoms with Crippen LogP contribution in [0.2, 0.25) is 0 Å². The molecule has 1 amide bonds. The fraction of sp³-hybridized carbons (Fsp3) is 0.308. The summed E-state index contributed by atoms with van der Waals surface area (Å²) >= 11 is 0. The molecule has 16 heavy (non-hydrogen) atoms. The molecule has 0 saturated heterocycles. The SMILES string of the molecule is O=C(NC1C=CCCC1)c1ccccc1O. The largest absolute Gasteiger partial charge is 0.507 e. The Hall–Kier alpha value is -1.77. The third-order valence-corrected chi connectivity index (χ3v) is 2.72. The Morgan fingerprint density at radius 2 is 2.19 bits per heavy atom. The van der Waals surface area contributed by atoms with Gasteiger partial charge >= 0.3 is 0 Å². The van der Waals surface area contributed by atoms with Crippen molar-refractivity contribution in [3.63, 3.8) is 0 Å². The van der Waals surface area contributed by atoms with E-state index < -0.39 is 0 Å². The predicted octanol–water partition coefficient (Wildman–Crippen LogP) is 2.23. The number of para-hydroxylation sites is 1. The zero-order valence-electron chi connectivity index (χ0n) is 9.02. The summed E-state index contributed by atoms with van der Waals surface area (Å²) in [5.74, 6) is -0.186. The van der Waals surface area contributed by atoms with Gasteiger partial charge in [-0.25, -0.2) is 0 Å². The van der Waals surface area contributed by atoms with E-state index in [1.807, 2.05) is 6.08 Å². The van der Waals surface area contributed by atoms with E-state index in [4.69, 9.17) is 0 Å². The van der Waals surface area contributed by atoms with E-state index in [0.717, 1.165) is 19.3 Å². The molecule has 0 aliphatic heterocycles.